The van der Waals surface area contributed by atoms with E-state index in [0.717, 1.165) is 22.8 Å². The van der Waals surface area contributed by atoms with Gasteiger partial charge in [-0.25, -0.2) is 18.2 Å². The molecule has 0 unspecified atom stereocenters. The largest absolute Gasteiger partial charge is 0.332 e. The number of benzene rings is 1. The average molecular weight is 483 g/mol. The Morgan fingerprint density at radius 1 is 1.00 bits per heavy atom. The summed E-state index contributed by atoms with van der Waals surface area (Å²) in [6, 6.07) is 14.7. The van der Waals surface area contributed by atoms with Crippen molar-refractivity contribution in [3.8, 4) is 11.1 Å². The highest BCUT2D eigenvalue weighted by Gasteiger charge is 2.34. The fourth-order valence-electron chi connectivity index (χ4n) is 4.15. The summed E-state index contributed by atoms with van der Waals surface area (Å²) in [6.45, 7) is 0.315. The van der Waals surface area contributed by atoms with E-state index in [0.29, 0.717) is 12.0 Å². The van der Waals surface area contributed by atoms with E-state index in [1.807, 2.05) is 28.8 Å². The number of fused-ring (bicyclic) bond motifs is 2. The van der Waals surface area contributed by atoms with Crippen LogP contribution in [0, 0.1) is 0 Å². The van der Waals surface area contributed by atoms with Crippen molar-refractivity contribution in [2.75, 3.05) is 11.5 Å². The molecule has 0 atom stereocenters. The van der Waals surface area contributed by atoms with Crippen molar-refractivity contribution in [3.63, 3.8) is 0 Å². The van der Waals surface area contributed by atoms with E-state index in [9.17, 15) is 18.0 Å². The summed E-state index contributed by atoms with van der Waals surface area (Å²) in [6.07, 6.45) is 5.10. The Morgan fingerprint density at radius 3 is 2.64 bits per heavy atom. The molecule has 0 aliphatic carbocycles. The van der Waals surface area contributed by atoms with Crippen LogP contribution in [0.4, 0.5) is 0 Å². The van der Waals surface area contributed by atoms with E-state index >= 15 is 0 Å². The van der Waals surface area contributed by atoms with Crippen LogP contribution in [-0.4, -0.2) is 38.4 Å². The Kier molecular flexibility index (Phi) is 5.71. The number of thioether (sulfide) groups is 1. The Bertz CT molecular complexity index is 1550. The minimum Gasteiger partial charge on any atom is -0.294 e. The number of sulfone groups is 1. The maximum atomic E-state index is 13.3. The fourth-order valence-corrected chi connectivity index (χ4v) is 6.81. The zero-order valence-corrected chi connectivity index (χ0v) is 19.4. The van der Waals surface area contributed by atoms with Crippen LogP contribution in [0.5, 0.6) is 0 Å². The summed E-state index contributed by atoms with van der Waals surface area (Å²) in [5, 5.41) is 0.931. The first-order valence-electron chi connectivity index (χ1n) is 10.7. The predicted molar refractivity (Wildman–Crippen MR) is 128 cm³/mol. The molecule has 0 fully saturated rings. The molecular weight excluding hydrogens is 460 g/mol. The molecule has 4 aromatic rings. The molecule has 0 amide bonds. The summed E-state index contributed by atoms with van der Waals surface area (Å²) in [7, 11) is -3.68. The molecule has 0 bridgehead atoms. The molecule has 10 heteroatoms. The lowest BCUT2D eigenvalue weighted by Crippen LogP contribution is -2.41. The van der Waals surface area contributed by atoms with Crippen molar-refractivity contribution < 1.29 is 8.42 Å². The first-order chi connectivity index (χ1) is 16.0. The van der Waals surface area contributed by atoms with Crippen molar-refractivity contribution in [1.29, 1.82) is 0 Å². The zero-order valence-electron chi connectivity index (χ0n) is 17.8. The zero-order chi connectivity index (χ0) is 23.0. The van der Waals surface area contributed by atoms with Crippen molar-refractivity contribution in [1.82, 2.24) is 18.5 Å². The number of hydrogen-bond donors (Lipinski definition) is 0. The third-order valence-electron chi connectivity index (χ3n) is 5.74. The van der Waals surface area contributed by atoms with Crippen LogP contribution in [0.25, 0.3) is 16.8 Å². The molecule has 33 heavy (non-hydrogen) atoms. The van der Waals surface area contributed by atoms with Crippen LogP contribution in [0.2, 0.25) is 0 Å². The standard InChI is InChI=1S/C23H22N4O4S2/c28-21-20(17-7-2-1-3-8-17)22-27(14-16-33(22,30)31)23(29)26(21)12-4-5-15-32-19-10-6-9-18-24-11-13-25(18)19/h1-3,6-11,13H,4-5,12,14-16H2. The molecule has 0 radical (unpaired) electrons. The normalized spacial score (nSPS) is 14.5. The number of unbranched alkanes of at least 4 members (excludes halogenated alkanes) is 1. The molecular formula is C23H22N4O4S2. The SMILES string of the molecule is O=c1c(-c2ccccc2)c2n(c(=O)n1CCCCSc1cccc3nccn13)CCS2(=O)=O. The van der Waals surface area contributed by atoms with Gasteiger partial charge in [-0.3, -0.25) is 18.3 Å². The van der Waals surface area contributed by atoms with Gasteiger partial charge >= 0.3 is 5.69 Å². The Labute approximate surface area is 194 Å². The van der Waals surface area contributed by atoms with E-state index in [-0.39, 0.29) is 29.4 Å². The number of nitrogens with zero attached hydrogens (tertiary/aromatic N) is 4. The van der Waals surface area contributed by atoms with Crippen LogP contribution >= 0.6 is 11.8 Å². The molecule has 0 N–H and O–H groups in total. The van der Waals surface area contributed by atoms with Crippen LogP contribution in [0.3, 0.4) is 0 Å². The molecule has 1 aliphatic rings. The fraction of sp³-hybridized carbons (Fsp3) is 0.261. The van der Waals surface area contributed by atoms with Gasteiger partial charge in [0.2, 0.25) is 0 Å². The van der Waals surface area contributed by atoms with Crippen LogP contribution in [0.1, 0.15) is 12.8 Å². The van der Waals surface area contributed by atoms with Gasteiger partial charge in [-0.05, 0) is 36.3 Å². The third-order valence-corrected chi connectivity index (χ3v) is 8.59. The molecule has 0 saturated heterocycles. The van der Waals surface area contributed by atoms with Gasteiger partial charge in [0, 0.05) is 25.5 Å². The van der Waals surface area contributed by atoms with E-state index in [1.165, 1.54) is 9.13 Å². The average Bonchev–Trinajstić information content (AvgIpc) is 3.41. The molecule has 1 aromatic carbocycles. The Morgan fingerprint density at radius 2 is 1.82 bits per heavy atom. The first-order valence-corrected chi connectivity index (χ1v) is 13.3. The van der Waals surface area contributed by atoms with Crippen molar-refractivity contribution in [3.05, 3.63) is 81.8 Å². The minimum absolute atomic E-state index is 0.0708. The predicted octanol–water partition coefficient (Wildman–Crippen LogP) is 2.68. The van der Waals surface area contributed by atoms with Crippen LogP contribution in [0.15, 0.2) is 80.6 Å². The van der Waals surface area contributed by atoms with Gasteiger partial charge in [0.15, 0.2) is 14.9 Å². The second-order valence-corrected chi connectivity index (χ2v) is 11.0. The summed E-state index contributed by atoms with van der Waals surface area (Å²) >= 11 is 1.69. The van der Waals surface area contributed by atoms with Crippen LogP contribution < -0.4 is 11.2 Å². The second kappa shape index (κ2) is 8.68. The first kappa shape index (κ1) is 21.7. The van der Waals surface area contributed by atoms with Gasteiger partial charge in [-0.1, -0.05) is 36.4 Å². The van der Waals surface area contributed by atoms with Crippen LogP contribution in [-0.2, 0) is 22.9 Å². The lowest BCUT2D eigenvalue weighted by atomic mass is 10.1. The quantitative estimate of drug-likeness (QED) is 0.228. The van der Waals surface area contributed by atoms with E-state index in [4.69, 9.17) is 0 Å². The van der Waals surface area contributed by atoms with E-state index in [1.54, 1.807) is 48.3 Å². The summed E-state index contributed by atoms with van der Waals surface area (Å²) < 4.78 is 29.8. The number of aromatic nitrogens is 4. The number of hydrogen-bond acceptors (Lipinski definition) is 6. The second-order valence-electron chi connectivity index (χ2n) is 7.83. The highest BCUT2D eigenvalue weighted by Crippen LogP contribution is 2.27. The van der Waals surface area contributed by atoms with Gasteiger partial charge in [0.05, 0.1) is 16.3 Å². The number of pyridine rings is 1. The molecule has 4 heterocycles. The van der Waals surface area contributed by atoms with Gasteiger partial charge in [-0.15, -0.1) is 11.8 Å². The Balaban J connectivity index is 1.38. The van der Waals surface area contributed by atoms with Gasteiger partial charge in [0.1, 0.15) is 5.65 Å². The smallest absolute Gasteiger partial charge is 0.294 e. The highest BCUT2D eigenvalue weighted by atomic mass is 32.2. The lowest BCUT2D eigenvalue weighted by molar-refractivity contribution is 0.526. The molecule has 170 valence electrons. The summed E-state index contributed by atoms with van der Waals surface area (Å²) in [5.74, 6) is 0.653. The van der Waals surface area contributed by atoms with Gasteiger partial charge < -0.3 is 0 Å². The monoisotopic (exact) mass is 482 g/mol. The molecule has 3 aromatic heterocycles. The van der Waals surface area contributed by atoms with Crippen molar-refractivity contribution in [2.24, 2.45) is 0 Å². The molecule has 8 nitrogen and oxygen atoms in total. The minimum atomic E-state index is -3.68. The maximum absolute atomic E-state index is 13.3. The molecule has 0 spiro atoms. The van der Waals surface area contributed by atoms with Crippen molar-refractivity contribution >= 4 is 27.2 Å². The van der Waals surface area contributed by atoms with Gasteiger partial charge in [0.25, 0.3) is 5.56 Å². The van der Waals surface area contributed by atoms with E-state index in [2.05, 4.69) is 4.98 Å². The van der Waals surface area contributed by atoms with Gasteiger partial charge in [-0.2, -0.15) is 0 Å². The summed E-state index contributed by atoms with van der Waals surface area (Å²) in [5.41, 5.74) is 0.398. The number of rotatable bonds is 7. The Hall–Kier alpha value is -3.11. The lowest BCUT2D eigenvalue weighted by Gasteiger charge is -2.13. The van der Waals surface area contributed by atoms with Crippen molar-refractivity contribution in [2.45, 2.75) is 36.0 Å². The molecule has 1 aliphatic heterocycles. The third kappa shape index (κ3) is 3.93. The molecule has 5 rings (SSSR count). The summed E-state index contributed by atoms with van der Waals surface area (Å²) in [4.78, 5) is 30.6. The highest BCUT2D eigenvalue weighted by molar-refractivity contribution is 7.99. The maximum Gasteiger partial charge on any atom is 0.332 e. The van der Waals surface area contributed by atoms with E-state index < -0.39 is 21.1 Å². The molecule has 0 saturated carbocycles. The number of imidazole rings is 1. The topological polar surface area (TPSA) is 95.4 Å².